The van der Waals surface area contributed by atoms with E-state index in [0.717, 1.165) is 54.9 Å². The maximum atomic E-state index is 12.6. The molecule has 2 heterocycles. The molecule has 1 fully saturated rings. The van der Waals surface area contributed by atoms with E-state index < -0.39 is 0 Å². The Morgan fingerprint density at radius 1 is 1.20 bits per heavy atom. The van der Waals surface area contributed by atoms with E-state index >= 15 is 0 Å². The Kier molecular flexibility index (Phi) is 9.19. The van der Waals surface area contributed by atoms with Crippen molar-refractivity contribution in [3.63, 3.8) is 0 Å². The van der Waals surface area contributed by atoms with Gasteiger partial charge in [-0.3, -0.25) is 9.78 Å². The minimum Gasteiger partial charge on any atom is -0.342 e. The molecule has 6 heteroatoms. The summed E-state index contributed by atoms with van der Waals surface area (Å²) < 4.78 is 0. The van der Waals surface area contributed by atoms with Crippen LogP contribution < -0.4 is 5.32 Å². The fraction of sp³-hybridized carbons (Fsp3) is 0.474. The number of nitrogens with one attached hydrogen (secondary N) is 1. The lowest BCUT2D eigenvalue weighted by atomic mass is 9.93. The fourth-order valence-electron chi connectivity index (χ4n) is 3.40. The second-order valence-corrected chi connectivity index (χ2v) is 6.39. The Bertz CT molecular complexity index is 667. The Hall–Kier alpha value is -1.36. The molecule has 1 aliphatic heterocycles. The number of pyridine rings is 1. The number of aromatic nitrogens is 1. The second-order valence-electron chi connectivity index (χ2n) is 6.39. The Balaban J connectivity index is 0.00000156. The van der Waals surface area contributed by atoms with Crippen LogP contribution >= 0.6 is 24.8 Å². The molecule has 1 aliphatic rings. The highest BCUT2D eigenvalue weighted by atomic mass is 35.5. The van der Waals surface area contributed by atoms with Crippen LogP contribution in [-0.2, 0) is 11.2 Å². The van der Waals surface area contributed by atoms with Crippen molar-refractivity contribution in [2.45, 2.75) is 25.7 Å². The predicted octanol–water partition coefficient (Wildman–Crippen LogP) is 3.47. The third-order valence-electron chi connectivity index (χ3n) is 4.83. The lowest BCUT2D eigenvalue weighted by Gasteiger charge is -2.32. The summed E-state index contributed by atoms with van der Waals surface area (Å²) in [5, 5.41) is 4.31. The molecular weight excluding hydrogens is 357 g/mol. The van der Waals surface area contributed by atoms with Crippen molar-refractivity contribution in [3.05, 3.63) is 42.1 Å². The third-order valence-corrected chi connectivity index (χ3v) is 4.83. The monoisotopic (exact) mass is 383 g/mol. The van der Waals surface area contributed by atoms with Gasteiger partial charge in [-0.1, -0.05) is 24.3 Å². The highest BCUT2D eigenvalue weighted by Crippen LogP contribution is 2.22. The zero-order valence-corrected chi connectivity index (χ0v) is 16.2. The van der Waals surface area contributed by atoms with Gasteiger partial charge in [0.1, 0.15) is 0 Å². The van der Waals surface area contributed by atoms with Crippen LogP contribution in [-0.4, -0.2) is 42.5 Å². The van der Waals surface area contributed by atoms with Gasteiger partial charge in [0.2, 0.25) is 5.91 Å². The first-order valence-corrected chi connectivity index (χ1v) is 8.53. The van der Waals surface area contributed by atoms with Crippen LogP contribution in [0.3, 0.4) is 0 Å². The topological polar surface area (TPSA) is 45.2 Å². The van der Waals surface area contributed by atoms with Crippen LogP contribution in [0.5, 0.6) is 0 Å². The quantitative estimate of drug-likeness (QED) is 0.859. The van der Waals surface area contributed by atoms with Gasteiger partial charge in [0.15, 0.2) is 0 Å². The van der Waals surface area contributed by atoms with Crippen molar-refractivity contribution in [3.8, 4) is 0 Å². The van der Waals surface area contributed by atoms with Crippen LogP contribution in [0.2, 0.25) is 0 Å². The maximum Gasteiger partial charge on any atom is 0.227 e. The molecule has 0 spiro atoms. The average molecular weight is 384 g/mol. The first-order valence-electron chi connectivity index (χ1n) is 8.53. The van der Waals surface area contributed by atoms with Crippen molar-refractivity contribution in [1.82, 2.24) is 15.2 Å². The van der Waals surface area contributed by atoms with Crippen molar-refractivity contribution < 1.29 is 4.79 Å². The lowest BCUT2D eigenvalue weighted by molar-refractivity contribution is -0.131. The van der Waals surface area contributed by atoms with Crippen LogP contribution in [0.15, 0.2) is 36.5 Å². The number of carbonyl (C=O) groups excluding carboxylic acids is 1. The highest BCUT2D eigenvalue weighted by molar-refractivity contribution is 5.87. The van der Waals surface area contributed by atoms with E-state index in [9.17, 15) is 4.79 Å². The molecule has 1 saturated heterocycles. The van der Waals surface area contributed by atoms with E-state index in [0.29, 0.717) is 6.42 Å². The van der Waals surface area contributed by atoms with Gasteiger partial charge in [-0.2, -0.15) is 0 Å². The number of piperidine rings is 1. The molecule has 0 saturated carbocycles. The van der Waals surface area contributed by atoms with E-state index in [1.54, 1.807) is 6.20 Å². The van der Waals surface area contributed by atoms with Crippen molar-refractivity contribution in [2.75, 3.05) is 26.7 Å². The van der Waals surface area contributed by atoms with E-state index in [4.69, 9.17) is 0 Å². The number of nitrogens with zero attached hydrogens (tertiary/aromatic N) is 2. The van der Waals surface area contributed by atoms with Crippen LogP contribution in [0.1, 0.15) is 24.8 Å². The Morgan fingerprint density at radius 2 is 1.92 bits per heavy atom. The van der Waals surface area contributed by atoms with Gasteiger partial charge in [0, 0.05) is 24.7 Å². The molecule has 0 atom stereocenters. The van der Waals surface area contributed by atoms with Gasteiger partial charge in [0.05, 0.1) is 11.9 Å². The van der Waals surface area contributed by atoms with Crippen molar-refractivity contribution >= 4 is 41.6 Å². The summed E-state index contributed by atoms with van der Waals surface area (Å²) in [6.45, 7) is 2.86. The smallest absolute Gasteiger partial charge is 0.227 e. The predicted molar refractivity (Wildman–Crippen MR) is 108 cm³/mol. The van der Waals surface area contributed by atoms with Crippen LogP contribution in [0.25, 0.3) is 10.9 Å². The molecule has 2 aromatic rings. The molecule has 1 amide bonds. The molecule has 1 aromatic heterocycles. The minimum atomic E-state index is 0. The summed E-state index contributed by atoms with van der Waals surface area (Å²) in [4.78, 5) is 19.1. The summed E-state index contributed by atoms with van der Waals surface area (Å²) in [6, 6.07) is 10.1. The summed E-state index contributed by atoms with van der Waals surface area (Å²) in [7, 11) is 2.00. The standard InChI is InChI=1S/C19H25N3O.2ClH/c1-20-11-7-15-8-12-22(13-9-15)18(23)14-17-5-2-4-16-6-3-10-21-19(16)17;;/h2-6,10,15,20H,7-9,11-14H2,1H3;2*1H. The summed E-state index contributed by atoms with van der Waals surface area (Å²) >= 11 is 0. The number of benzene rings is 1. The minimum absolute atomic E-state index is 0. The number of amides is 1. The number of hydrogen-bond donors (Lipinski definition) is 1. The van der Waals surface area contributed by atoms with Gasteiger partial charge >= 0.3 is 0 Å². The van der Waals surface area contributed by atoms with E-state index in [2.05, 4.69) is 10.3 Å². The molecule has 1 aromatic carbocycles. The third kappa shape index (κ3) is 5.56. The van der Waals surface area contributed by atoms with Crippen molar-refractivity contribution in [2.24, 2.45) is 5.92 Å². The van der Waals surface area contributed by atoms with Gasteiger partial charge < -0.3 is 10.2 Å². The van der Waals surface area contributed by atoms with E-state index in [1.165, 1.54) is 6.42 Å². The molecule has 0 bridgehead atoms. The fourth-order valence-corrected chi connectivity index (χ4v) is 3.40. The maximum absolute atomic E-state index is 12.6. The number of rotatable bonds is 5. The van der Waals surface area contributed by atoms with Crippen LogP contribution in [0, 0.1) is 5.92 Å². The number of halogens is 2. The summed E-state index contributed by atoms with van der Waals surface area (Å²) in [6.07, 6.45) is 5.72. The van der Waals surface area contributed by atoms with Gasteiger partial charge in [-0.15, -0.1) is 24.8 Å². The van der Waals surface area contributed by atoms with Gasteiger partial charge in [-0.25, -0.2) is 0 Å². The van der Waals surface area contributed by atoms with E-state index in [1.807, 2.05) is 42.3 Å². The lowest BCUT2D eigenvalue weighted by Crippen LogP contribution is -2.39. The van der Waals surface area contributed by atoms with Gasteiger partial charge in [0.25, 0.3) is 0 Å². The average Bonchev–Trinajstić information content (AvgIpc) is 2.60. The Morgan fingerprint density at radius 3 is 2.64 bits per heavy atom. The highest BCUT2D eigenvalue weighted by Gasteiger charge is 2.22. The van der Waals surface area contributed by atoms with Crippen molar-refractivity contribution in [1.29, 1.82) is 0 Å². The van der Waals surface area contributed by atoms with E-state index in [-0.39, 0.29) is 30.7 Å². The molecule has 0 radical (unpaired) electrons. The zero-order valence-electron chi connectivity index (χ0n) is 14.6. The number of fused-ring (bicyclic) bond motifs is 1. The molecule has 0 unspecified atom stereocenters. The number of para-hydroxylation sites is 1. The molecule has 3 rings (SSSR count). The number of likely N-dealkylation sites (tertiary alicyclic amines) is 1. The van der Waals surface area contributed by atoms with Crippen LogP contribution in [0.4, 0.5) is 0 Å². The summed E-state index contributed by atoms with van der Waals surface area (Å²) in [5.74, 6) is 0.987. The summed E-state index contributed by atoms with van der Waals surface area (Å²) in [5.41, 5.74) is 1.98. The molecule has 25 heavy (non-hydrogen) atoms. The first-order chi connectivity index (χ1) is 11.3. The molecule has 138 valence electrons. The molecule has 1 N–H and O–H groups in total. The van der Waals surface area contributed by atoms with Gasteiger partial charge in [-0.05, 0) is 50.4 Å². The SMILES string of the molecule is CNCCC1CCN(C(=O)Cc2cccc3cccnc23)CC1.Cl.Cl. The normalized spacial score (nSPS) is 14.7. The number of hydrogen-bond acceptors (Lipinski definition) is 3. The second kappa shape index (κ2) is 10.6. The number of carbonyl (C=O) groups is 1. The molecule has 0 aliphatic carbocycles. The zero-order chi connectivity index (χ0) is 16.1. The Labute approximate surface area is 162 Å². The largest absolute Gasteiger partial charge is 0.342 e. The first kappa shape index (κ1) is 21.7. The molecule has 4 nitrogen and oxygen atoms in total. The molecular formula is C19H27Cl2N3O.